The van der Waals surface area contributed by atoms with E-state index in [9.17, 15) is 4.79 Å². The minimum Gasteiger partial charge on any atom is -0.370 e. The molecule has 0 spiro atoms. The van der Waals surface area contributed by atoms with E-state index in [1.165, 1.54) is 24.0 Å². The van der Waals surface area contributed by atoms with E-state index in [1.54, 1.807) is 0 Å². The Balaban J connectivity index is 0.00000320. The van der Waals surface area contributed by atoms with Crippen molar-refractivity contribution >= 4 is 35.8 Å². The lowest BCUT2D eigenvalue weighted by atomic mass is 9.95. The van der Waals surface area contributed by atoms with Crippen LogP contribution in [0.3, 0.4) is 0 Å². The predicted octanol–water partition coefficient (Wildman–Crippen LogP) is 3.30. The second-order valence-corrected chi connectivity index (χ2v) is 8.49. The van der Waals surface area contributed by atoms with E-state index < -0.39 is 0 Å². The zero-order valence-electron chi connectivity index (χ0n) is 18.5. The summed E-state index contributed by atoms with van der Waals surface area (Å²) in [4.78, 5) is 21.3. The molecule has 0 bridgehead atoms. The normalized spacial score (nSPS) is 21.2. The third-order valence-electron chi connectivity index (χ3n) is 6.10. The molecule has 2 unspecified atom stereocenters. The number of nitrogens with two attached hydrogens (primary N) is 1. The summed E-state index contributed by atoms with van der Waals surface area (Å²) >= 11 is 0. The number of amides is 1. The van der Waals surface area contributed by atoms with Crippen LogP contribution in [-0.2, 0) is 4.79 Å². The first kappa shape index (κ1) is 24.9. The quantitative estimate of drug-likeness (QED) is 0.324. The molecule has 0 aromatic heterocycles. The van der Waals surface area contributed by atoms with E-state index in [0.717, 1.165) is 58.1 Å². The van der Waals surface area contributed by atoms with Crippen LogP contribution in [0.1, 0.15) is 56.2 Å². The van der Waals surface area contributed by atoms with Crippen molar-refractivity contribution in [1.82, 2.24) is 15.1 Å². The Morgan fingerprint density at radius 2 is 1.90 bits per heavy atom. The van der Waals surface area contributed by atoms with E-state index in [1.807, 2.05) is 0 Å². The summed E-state index contributed by atoms with van der Waals surface area (Å²) in [5.74, 6) is 1.10. The molecule has 0 aliphatic carbocycles. The van der Waals surface area contributed by atoms with Crippen molar-refractivity contribution in [1.29, 1.82) is 0 Å². The number of halogens is 1. The second kappa shape index (κ2) is 12.5. The van der Waals surface area contributed by atoms with Crippen LogP contribution in [0.15, 0.2) is 29.3 Å². The summed E-state index contributed by atoms with van der Waals surface area (Å²) in [6.45, 7) is 9.97. The Kier molecular flexibility index (Phi) is 10.4. The number of likely N-dealkylation sites (tertiary alicyclic amines) is 2. The van der Waals surface area contributed by atoms with Gasteiger partial charge < -0.3 is 16.0 Å². The molecule has 0 radical (unpaired) electrons. The molecule has 1 aromatic carbocycles. The number of primary amides is 1. The van der Waals surface area contributed by atoms with E-state index in [2.05, 4.69) is 53.2 Å². The Morgan fingerprint density at radius 3 is 2.53 bits per heavy atom. The molecule has 2 heterocycles. The highest BCUT2D eigenvalue weighted by molar-refractivity contribution is 14.0. The number of nitrogens with zero attached hydrogens (tertiary/aromatic N) is 3. The van der Waals surface area contributed by atoms with Gasteiger partial charge in [0.05, 0.1) is 12.6 Å². The smallest absolute Gasteiger partial charge is 0.217 e. The van der Waals surface area contributed by atoms with Crippen molar-refractivity contribution in [3.63, 3.8) is 0 Å². The minimum absolute atomic E-state index is 0. The fraction of sp³-hybridized carbons (Fsp3) is 0.652. The Morgan fingerprint density at radius 1 is 1.20 bits per heavy atom. The molecule has 168 valence electrons. The summed E-state index contributed by atoms with van der Waals surface area (Å²) in [5.41, 5.74) is 8.08. The minimum atomic E-state index is -0.202. The number of piperidine rings is 1. The Bertz CT molecular complexity index is 687. The topological polar surface area (TPSA) is 74.0 Å². The molecule has 3 N–H and O–H groups in total. The SMILES string of the molecule is CCNC(=NCC(c1ccc(C)cc1)N1CCCC1)N1CCCC(CC(N)=O)C1.I. The third kappa shape index (κ3) is 7.11. The van der Waals surface area contributed by atoms with E-state index in [4.69, 9.17) is 10.7 Å². The van der Waals surface area contributed by atoms with Crippen LogP contribution in [0, 0.1) is 12.8 Å². The predicted molar refractivity (Wildman–Crippen MR) is 134 cm³/mol. The second-order valence-electron chi connectivity index (χ2n) is 8.49. The lowest BCUT2D eigenvalue weighted by Gasteiger charge is -2.35. The maximum Gasteiger partial charge on any atom is 0.217 e. The van der Waals surface area contributed by atoms with Crippen LogP contribution in [-0.4, -0.2) is 60.9 Å². The molecular formula is C23H38IN5O. The maximum atomic E-state index is 11.4. The molecule has 1 amide bonds. The number of aryl methyl sites for hydroxylation is 1. The van der Waals surface area contributed by atoms with Crippen molar-refractivity contribution in [3.05, 3.63) is 35.4 Å². The number of rotatable bonds is 7. The maximum absolute atomic E-state index is 11.4. The summed E-state index contributed by atoms with van der Waals surface area (Å²) in [6.07, 6.45) is 5.16. The Hall–Kier alpha value is -1.35. The van der Waals surface area contributed by atoms with E-state index in [0.29, 0.717) is 18.4 Å². The highest BCUT2D eigenvalue weighted by Crippen LogP contribution is 2.26. The molecular weight excluding hydrogens is 489 g/mol. The van der Waals surface area contributed by atoms with Gasteiger partial charge in [-0.3, -0.25) is 14.7 Å². The van der Waals surface area contributed by atoms with Crippen molar-refractivity contribution in [2.24, 2.45) is 16.6 Å². The number of hydrogen-bond donors (Lipinski definition) is 2. The number of hydrogen-bond acceptors (Lipinski definition) is 3. The van der Waals surface area contributed by atoms with E-state index in [-0.39, 0.29) is 29.9 Å². The molecule has 3 rings (SSSR count). The van der Waals surface area contributed by atoms with Gasteiger partial charge in [-0.15, -0.1) is 24.0 Å². The number of aliphatic imine (C=N–C) groups is 1. The van der Waals surface area contributed by atoms with E-state index >= 15 is 0 Å². The largest absolute Gasteiger partial charge is 0.370 e. The van der Waals surface area contributed by atoms with Crippen LogP contribution in [0.25, 0.3) is 0 Å². The lowest BCUT2D eigenvalue weighted by Crippen LogP contribution is -2.47. The van der Waals surface area contributed by atoms with Crippen LogP contribution >= 0.6 is 24.0 Å². The van der Waals surface area contributed by atoms with Gasteiger partial charge in [0.15, 0.2) is 5.96 Å². The summed E-state index contributed by atoms with van der Waals surface area (Å²) in [6, 6.07) is 9.23. The van der Waals surface area contributed by atoms with Crippen LogP contribution in [0.4, 0.5) is 0 Å². The third-order valence-corrected chi connectivity index (χ3v) is 6.10. The van der Waals surface area contributed by atoms with Gasteiger partial charge in [-0.05, 0) is 64.1 Å². The van der Waals surface area contributed by atoms with Crippen molar-refractivity contribution in [2.45, 2.75) is 52.0 Å². The van der Waals surface area contributed by atoms with Gasteiger partial charge in [0.25, 0.3) is 0 Å². The molecule has 30 heavy (non-hydrogen) atoms. The molecule has 2 saturated heterocycles. The van der Waals surface area contributed by atoms with Crippen molar-refractivity contribution in [2.75, 3.05) is 39.3 Å². The first-order valence-electron chi connectivity index (χ1n) is 11.2. The fourth-order valence-electron chi connectivity index (χ4n) is 4.58. The number of nitrogens with one attached hydrogen (secondary N) is 1. The molecule has 2 fully saturated rings. The molecule has 2 aliphatic heterocycles. The molecule has 1 aromatic rings. The number of benzene rings is 1. The first-order chi connectivity index (χ1) is 14.1. The highest BCUT2D eigenvalue weighted by Gasteiger charge is 2.26. The Labute approximate surface area is 198 Å². The number of carbonyl (C=O) groups excluding carboxylic acids is 1. The lowest BCUT2D eigenvalue weighted by molar-refractivity contribution is -0.119. The summed E-state index contributed by atoms with van der Waals surface area (Å²) in [7, 11) is 0. The molecule has 2 atom stereocenters. The van der Waals surface area contributed by atoms with Gasteiger partial charge in [-0.2, -0.15) is 0 Å². The van der Waals surface area contributed by atoms with Gasteiger partial charge in [-0.1, -0.05) is 29.8 Å². The summed E-state index contributed by atoms with van der Waals surface area (Å²) < 4.78 is 0. The average molecular weight is 527 g/mol. The standard InChI is InChI=1S/C23H37N5O.HI/c1-3-25-23(28-14-6-7-19(17-28)15-22(24)29)26-16-21(27-12-4-5-13-27)20-10-8-18(2)9-11-20;/h8-11,19,21H,3-7,12-17H2,1-2H3,(H2,24,29)(H,25,26);1H. The molecule has 7 heteroatoms. The van der Waals surface area contributed by atoms with Crippen molar-refractivity contribution < 1.29 is 4.79 Å². The van der Waals surface area contributed by atoms with Gasteiger partial charge in [0, 0.05) is 26.1 Å². The van der Waals surface area contributed by atoms with Gasteiger partial charge in [-0.25, -0.2) is 0 Å². The number of guanidine groups is 1. The summed E-state index contributed by atoms with van der Waals surface area (Å²) in [5, 5.41) is 3.47. The monoisotopic (exact) mass is 527 g/mol. The van der Waals surface area contributed by atoms with Crippen LogP contribution in [0.2, 0.25) is 0 Å². The van der Waals surface area contributed by atoms with Crippen molar-refractivity contribution in [3.8, 4) is 0 Å². The van der Waals surface area contributed by atoms with Gasteiger partial charge in [0.2, 0.25) is 5.91 Å². The van der Waals surface area contributed by atoms with Gasteiger partial charge in [0.1, 0.15) is 0 Å². The van der Waals surface area contributed by atoms with Gasteiger partial charge >= 0.3 is 0 Å². The van der Waals surface area contributed by atoms with Crippen LogP contribution in [0.5, 0.6) is 0 Å². The fourth-order valence-corrected chi connectivity index (χ4v) is 4.58. The van der Waals surface area contributed by atoms with Crippen LogP contribution < -0.4 is 11.1 Å². The molecule has 2 aliphatic rings. The zero-order chi connectivity index (χ0) is 20.6. The zero-order valence-corrected chi connectivity index (χ0v) is 20.8. The molecule has 6 nitrogen and oxygen atoms in total. The first-order valence-corrected chi connectivity index (χ1v) is 11.2. The number of carbonyl (C=O) groups is 1. The highest BCUT2D eigenvalue weighted by atomic mass is 127. The average Bonchev–Trinajstić information content (AvgIpc) is 3.23. The molecule has 0 saturated carbocycles.